The van der Waals surface area contributed by atoms with Crippen LogP contribution in [-0.2, 0) is 4.79 Å². The molecule has 2 heterocycles. The maximum Gasteiger partial charge on any atom is 0.266 e. The van der Waals surface area contributed by atoms with Gasteiger partial charge in [-0.1, -0.05) is 17.7 Å². The number of amides is 1. The predicted molar refractivity (Wildman–Crippen MR) is 90.3 cm³/mol. The number of hydrogen-bond donors (Lipinski definition) is 0. The summed E-state index contributed by atoms with van der Waals surface area (Å²) in [6, 6.07) is 10.9. The first-order chi connectivity index (χ1) is 10.5. The summed E-state index contributed by atoms with van der Waals surface area (Å²) in [5, 5.41) is 1.22. The van der Waals surface area contributed by atoms with E-state index in [1.807, 2.05) is 31.2 Å². The van der Waals surface area contributed by atoms with Gasteiger partial charge in [0, 0.05) is 18.1 Å². The molecular formula is C16H13ClN2O2S. The van der Waals surface area contributed by atoms with Crippen molar-refractivity contribution in [2.75, 3.05) is 7.05 Å². The molecule has 0 radical (unpaired) electrons. The van der Waals surface area contributed by atoms with Gasteiger partial charge in [-0.3, -0.25) is 9.69 Å². The number of hydrogen-bond acceptors (Lipinski definition) is 4. The largest absolute Gasteiger partial charge is 0.462 e. The highest BCUT2D eigenvalue weighted by Crippen LogP contribution is 2.33. The molecule has 1 aliphatic rings. The molecule has 0 bridgehead atoms. The van der Waals surface area contributed by atoms with Crippen molar-refractivity contribution in [3.8, 4) is 0 Å². The maximum atomic E-state index is 12.3. The maximum absolute atomic E-state index is 12.3. The minimum atomic E-state index is -0.0974. The number of thioether (sulfide) groups is 1. The van der Waals surface area contributed by atoms with E-state index >= 15 is 0 Å². The van der Waals surface area contributed by atoms with Crippen LogP contribution >= 0.6 is 23.4 Å². The molecule has 1 aromatic heterocycles. The topological polar surface area (TPSA) is 45.8 Å². The third kappa shape index (κ3) is 3.10. The summed E-state index contributed by atoms with van der Waals surface area (Å²) < 4.78 is 5.48. The lowest BCUT2D eigenvalue weighted by atomic mass is 10.3. The molecule has 0 unspecified atom stereocenters. The number of aliphatic imine (C=N–C) groups is 1. The van der Waals surface area contributed by atoms with E-state index in [0.717, 1.165) is 5.76 Å². The fourth-order valence-electron chi connectivity index (χ4n) is 1.97. The summed E-state index contributed by atoms with van der Waals surface area (Å²) in [5.41, 5.74) is 0.713. The Bertz CT molecular complexity index is 795. The number of carbonyl (C=O) groups excluding carboxylic acids is 1. The second kappa shape index (κ2) is 6.02. The molecule has 1 aliphatic heterocycles. The Kier molecular flexibility index (Phi) is 4.09. The standard InChI is InChI=1S/C16H13ClN2O2S/c1-10-6-7-13(21-10)9-14-15(20)19(2)16(22-14)18-12-5-3-4-11(17)8-12/h3-9H,1-2H3/b14-9+,18-16?. The van der Waals surface area contributed by atoms with E-state index in [1.165, 1.54) is 16.7 Å². The average Bonchev–Trinajstić information content (AvgIpc) is 2.99. The molecule has 0 aliphatic carbocycles. The lowest BCUT2D eigenvalue weighted by molar-refractivity contribution is -0.121. The van der Waals surface area contributed by atoms with Crippen LogP contribution in [0.5, 0.6) is 0 Å². The molecule has 112 valence electrons. The third-order valence-corrected chi connectivity index (χ3v) is 4.37. The summed E-state index contributed by atoms with van der Waals surface area (Å²) >= 11 is 7.27. The number of rotatable bonds is 2. The van der Waals surface area contributed by atoms with E-state index in [2.05, 4.69) is 4.99 Å². The van der Waals surface area contributed by atoms with Gasteiger partial charge in [-0.05, 0) is 49.0 Å². The van der Waals surface area contributed by atoms with Crippen LogP contribution < -0.4 is 0 Å². The van der Waals surface area contributed by atoms with E-state index in [4.69, 9.17) is 16.0 Å². The zero-order valence-electron chi connectivity index (χ0n) is 12.0. The summed E-state index contributed by atoms with van der Waals surface area (Å²) in [5.74, 6) is 1.37. The Morgan fingerprint density at radius 1 is 1.32 bits per heavy atom. The van der Waals surface area contributed by atoms with Gasteiger partial charge in [0.25, 0.3) is 5.91 Å². The van der Waals surface area contributed by atoms with Gasteiger partial charge in [0.15, 0.2) is 5.17 Å². The van der Waals surface area contributed by atoms with E-state index in [1.54, 1.807) is 25.3 Å². The molecule has 4 nitrogen and oxygen atoms in total. The van der Waals surface area contributed by atoms with Crippen LogP contribution in [-0.4, -0.2) is 23.0 Å². The predicted octanol–water partition coefficient (Wildman–Crippen LogP) is 4.48. The summed E-state index contributed by atoms with van der Waals surface area (Å²) in [6.07, 6.45) is 1.73. The van der Waals surface area contributed by atoms with Gasteiger partial charge >= 0.3 is 0 Å². The van der Waals surface area contributed by atoms with Crippen LogP contribution in [0, 0.1) is 6.92 Å². The average molecular weight is 333 g/mol. The molecule has 6 heteroatoms. The molecule has 0 saturated carbocycles. The van der Waals surface area contributed by atoms with Crippen molar-refractivity contribution >= 4 is 46.2 Å². The quantitative estimate of drug-likeness (QED) is 0.762. The summed E-state index contributed by atoms with van der Waals surface area (Å²) in [4.78, 5) is 18.9. The third-order valence-electron chi connectivity index (χ3n) is 3.07. The highest BCUT2D eigenvalue weighted by atomic mass is 35.5. The second-order valence-electron chi connectivity index (χ2n) is 4.80. The molecule has 3 rings (SSSR count). The minimum Gasteiger partial charge on any atom is -0.462 e. The van der Waals surface area contributed by atoms with Crippen molar-refractivity contribution in [3.63, 3.8) is 0 Å². The molecule has 0 atom stereocenters. The van der Waals surface area contributed by atoms with Gasteiger partial charge in [0.2, 0.25) is 0 Å². The molecule has 0 N–H and O–H groups in total. The number of benzene rings is 1. The monoisotopic (exact) mass is 332 g/mol. The molecular weight excluding hydrogens is 320 g/mol. The number of aryl methyl sites for hydroxylation is 1. The number of carbonyl (C=O) groups is 1. The van der Waals surface area contributed by atoms with Crippen LogP contribution in [0.3, 0.4) is 0 Å². The zero-order chi connectivity index (χ0) is 15.7. The van der Waals surface area contributed by atoms with Crippen LogP contribution in [0.2, 0.25) is 5.02 Å². The van der Waals surface area contributed by atoms with Crippen LogP contribution in [0.15, 0.2) is 50.7 Å². The van der Waals surface area contributed by atoms with Gasteiger partial charge in [0.1, 0.15) is 11.5 Å². The van der Waals surface area contributed by atoms with Crippen molar-refractivity contribution in [1.82, 2.24) is 4.90 Å². The SMILES string of the molecule is Cc1ccc(/C=C2/SC(=Nc3cccc(Cl)c3)N(C)C2=O)o1. The molecule has 1 aromatic carbocycles. The number of nitrogens with zero attached hydrogens (tertiary/aromatic N) is 2. The molecule has 0 spiro atoms. The fraction of sp³-hybridized carbons (Fsp3) is 0.125. The lowest BCUT2D eigenvalue weighted by Crippen LogP contribution is -2.23. The molecule has 1 amide bonds. The van der Waals surface area contributed by atoms with Crippen molar-refractivity contribution in [2.45, 2.75) is 6.92 Å². The van der Waals surface area contributed by atoms with Gasteiger partial charge in [0.05, 0.1) is 10.6 Å². The fourth-order valence-corrected chi connectivity index (χ4v) is 3.12. The Hall–Kier alpha value is -1.98. The van der Waals surface area contributed by atoms with Crippen LogP contribution in [0.4, 0.5) is 5.69 Å². The minimum absolute atomic E-state index is 0.0974. The highest BCUT2D eigenvalue weighted by molar-refractivity contribution is 8.18. The van der Waals surface area contributed by atoms with Crippen molar-refractivity contribution in [2.24, 2.45) is 4.99 Å². The number of halogens is 1. The summed E-state index contributed by atoms with van der Waals surface area (Å²) in [6.45, 7) is 1.86. The van der Waals surface area contributed by atoms with Gasteiger partial charge in [-0.15, -0.1) is 0 Å². The van der Waals surface area contributed by atoms with Crippen LogP contribution in [0.25, 0.3) is 6.08 Å². The van der Waals surface area contributed by atoms with Gasteiger partial charge < -0.3 is 4.42 Å². The van der Waals surface area contributed by atoms with E-state index in [-0.39, 0.29) is 5.91 Å². The zero-order valence-corrected chi connectivity index (χ0v) is 13.6. The van der Waals surface area contributed by atoms with Crippen molar-refractivity contribution in [3.05, 3.63) is 57.8 Å². The van der Waals surface area contributed by atoms with E-state index in [9.17, 15) is 4.79 Å². The first-order valence-corrected chi connectivity index (χ1v) is 7.81. The normalized spacial score (nSPS) is 18.7. The smallest absolute Gasteiger partial charge is 0.266 e. The molecule has 22 heavy (non-hydrogen) atoms. The number of furan rings is 1. The Morgan fingerprint density at radius 3 is 2.82 bits per heavy atom. The number of amidine groups is 1. The highest BCUT2D eigenvalue weighted by Gasteiger charge is 2.30. The Morgan fingerprint density at radius 2 is 2.14 bits per heavy atom. The lowest BCUT2D eigenvalue weighted by Gasteiger charge is -2.07. The van der Waals surface area contributed by atoms with E-state index in [0.29, 0.717) is 26.5 Å². The first-order valence-electron chi connectivity index (χ1n) is 6.61. The molecule has 1 saturated heterocycles. The van der Waals surface area contributed by atoms with Crippen LogP contribution in [0.1, 0.15) is 11.5 Å². The Labute approximate surface area is 137 Å². The second-order valence-corrected chi connectivity index (χ2v) is 6.24. The van der Waals surface area contributed by atoms with Gasteiger partial charge in [-0.25, -0.2) is 4.99 Å². The van der Waals surface area contributed by atoms with E-state index < -0.39 is 0 Å². The number of likely N-dealkylation sites (N-methyl/N-ethyl adjacent to an activating group) is 1. The molecule has 2 aromatic rings. The van der Waals surface area contributed by atoms with Crippen molar-refractivity contribution < 1.29 is 9.21 Å². The van der Waals surface area contributed by atoms with Gasteiger partial charge in [-0.2, -0.15) is 0 Å². The first kappa shape index (κ1) is 14.9. The molecule has 1 fully saturated rings. The summed E-state index contributed by atoms with van der Waals surface area (Å²) in [7, 11) is 1.70. The Balaban J connectivity index is 1.90. The van der Waals surface area contributed by atoms with Crippen molar-refractivity contribution in [1.29, 1.82) is 0 Å².